The Morgan fingerprint density at radius 2 is 1.72 bits per heavy atom. The summed E-state index contributed by atoms with van der Waals surface area (Å²) < 4.78 is 11.6. The van der Waals surface area contributed by atoms with E-state index in [4.69, 9.17) is 9.47 Å². The molecule has 0 saturated carbocycles. The highest BCUT2D eigenvalue weighted by molar-refractivity contribution is 5.89. The van der Waals surface area contributed by atoms with Crippen molar-refractivity contribution in [3.05, 3.63) is 48.0 Å². The van der Waals surface area contributed by atoms with E-state index in [0.717, 1.165) is 49.4 Å². The van der Waals surface area contributed by atoms with E-state index in [-0.39, 0.29) is 11.6 Å². The molecular weight excluding hydrogens is 366 g/mol. The van der Waals surface area contributed by atoms with E-state index >= 15 is 0 Å². The zero-order valence-electron chi connectivity index (χ0n) is 16.6. The molecule has 2 saturated heterocycles. The Bertz CT molecular complexity index is 885. The van der Waals surface area contributed by atoms with Crippen LogP contribution in [0.1, 0.15) is 18.4 Å². The molecule has 29 heavy (non-hydrogen) atoms. The highest BCUT2D eigenvalue weighted by Gasteiger charge is 2.40. The molecule has 2 aromatic carbocycles. The second kappa shape index (κ2) is 7.69. The van der Waals surface area contributed by atoms with Crippen LogP contribution in [-0.2, 0) is 11.2 Å². The first-order valence-corrected chi connectivity index (χ1v) is 10.5. The number of rotatable bonds is 2. The van der Waals surface area contributed by atoms with Gasteiger partial charge < -0.3 is 25.0 Å². The van der Waals surface area contributed by atoms with Gasteiger partial charge in [0.2, 0.25) is 0 Å². The first-order valence-electron chi connectivity index (χ1n) is 10.5. The number of carbonyl (C=O) groups is 1. The van der Waals surface area contributed by atoms with Gasteiger partial charge in [0.25, 0.3) is 0 Å². The Labute approximate surface area is 171 Å². The van der Waals surface area contributed by atoms with E-state index in [2.05, 4.69) is 41.0 Å². The van der Waals surface area contributed by atoms with Crippen molar-refractivity contribution in [2.75, 3.05) is 44.7 Å². The van der Waals surface area contributed by atoms with Crippen molar-refractivity contribution >= 4 is 11.7 Å². The normalized spacial score (nSPS) is 20.2. The molecule has 6 nitrogen and oxygen atoms in total. The molecule has 2 amide bonds. The smallest absolute Gasteiger partial charge is 0.321 e. The maximum Gasteiger partial charge on any atom is 0.321 e. The second-order valence-corrected chi connectivity index (χ2v) is 8.14. The van der Waals surface area contributed by atoms with Gasteiger partial charge in [0.15, 0.2) is 0 Å². The van der Waals surface area contributed by atoms with Crippen molar-refractivity contribution in [2.24, 2.45) is 0 Å². The Morgan fingerprint density at radius 1 is 1.00 bits per heavy atom. The minimum atomic E-state index is -0.0667. The van der Waals surface area contributed by atoms with Crippen LogP contribution in [0.5, 0.6) is 5.75 Å². The molecule has 3 aliphatic heterocycles. The van der Waals surface area contributed by atoms with Crippen molar-refractivity contribution in [3.8, 4) is 16.9 Å². The Balaban J connectivity index is 1.27. The summed E-state index contributed by atoms with van der Waals surface area (Å²) in [5, 5.41) is 6.40. The number of piperidine rings is 1. The molecule has 0 aromatic heterocycles. The van der Waals surface area contributed by atoms with Crippen molar-refractivity contribution in [2.45, 2.75) is 24.9 Å². The molecule has 0 aliphatic carbocycles. The quantitative estimate of drug-likeness (QED) is 0.822. The number of amides is 2. The summed E-state index contributed by atoms with van der Waals surface area (Å²) in [6.07, 6.45) is 3.12. The summed E-state index contributed by atoms with van der Waals surface area (Å²) in [5.41, 5.74) is 4.42. The van der Waals surface area contributed by atoms with Gasteiger partial charge in [-0.05, 0) is 66.9 Å². The molecule has 3 aliphatic rings. The molecule has 3 heterocycles. The number of hydrogen-bond acceptors (Lipinski definition) is 4. The van der Waals surface area contributed by atoms with Crippen LogP contribution in [0.15, 0.2) is 42.5 Å². The number of morpholine rings is 1. The lowest BCUT2D eigenvalue weighted by Crippen LogP contribution is -2.45. The predicted molar refractivity (Wildman–Crippen MR) is 112 cm³/mol. The van der Waals surface area contributed by atoms with Gasteiger partial charge in [-0.15, -0.1) is 0 Å². The highest BCUT2D eigenvalue weighted by atomic mass is 16.5. The molecule has 0 bridgehead atoms. The molecule has 0 radical (unpaired) electrons. The number of fused-ring (bicyclic) bond motifs is 1. The minimum Gasteiger partial charge on any atom is -0.487 e. The molecule has 152 valence electrons. The van der Waals surface area contributed by atoms with Gasteiger partial charge in [-0.3, -0.25) is 0 Å². The Morgan fingerprint density at radius 3 is 2.48 bits per heavy atom. The van der Waals surface area contributed by atoms with Crippen molar-refractivity contribution in [3.63, 3.8) is 0 Å². The van der Waals surface area contributed by atoms with Crippen LogP contribution in [0.3, 0.4) is 0 Å². The fourth-order valence-corrected chi connectivity index (χ4v) is 4.49. The maximum atomic E-state index is 12.3. The summed E-state index contributed by atoms with van der Waals surface area (Å²) in [4.78, 5) is 14.1. The van der Waals surface area contributed by atoms with E-state index in [1.165, 1.54) is 11.1 Å². The van der Waals surface area contributed by atoms with Crippen molar-refractivity contribution in [1.29, 1.82) is 0 Å². The molecule has 5 rings (SSSR count). The average molecular weight is 393 g/mol. The lowest BCUT2D eigenvalue weighted by molar-refractivity contribution is 0.0564. The number of urea groups is 1. The Hall–Kier alpha value is -2.57. The largest absolute Gasteiger partial charge is 0.487 e. The van der Waals surface area contributed by atoms with Gasteiger partial charge in [0, 0.05) is 25.2 Å². The fraction of sp³-hybridized carbons (Fsp3) is 0.435. The van der Waals surface area contributed by atoms with Crippen LogP contribution in [0, 0.1) is 0 Å². The summed E-state index contributed by atoms with van der Waals surface area (Å²) >= 11 is 0. The molecule has 2 aromatic rings. The van der Waals surface area contributed by atoms with Crippen LogP contribution >= 0.6 is 0 Å². The molecule has 2 fully saturated rings. The third-order valence-corrected chi connectivity index (χ3v) is 6.18. The molecular formula is C23H27N3O3. The van der Waals surface area contributed by atoms with E-state index in [0.29, 0.717) is 26.3 Å². The topological polar surface area (TPSA) is 62.8 Å². The first-order chi connectivity index (χ1) is 14.2. The molecule has 0 unspecified atom stereocenters. The van der Waals surface area contributed by atoms with Crippen LogP contribution in [0.25, 0.3) is 11.1 Å². The highest BCUT2D eigenvalue weighted by Crippen LogP contribution is 2.41. The zero-order valence-corrected chi connectivity index (χ0v) is 16.6. The van der Waals surface area contributed by atoms with E-state index in [1.54, 1.807) is 4.90 Å². The molecule has 2 N–H and O–H groups in total. The minimum absolute atomic E-state index is 0.0140. The number of nitrogens with zero attached hydrogens (tertiary/aromatic N) is 1. The number of benzene rings is 2. The van der Waals surface area contributed by atoms with Crippen LogP contribution in [-0.4, -0.2) is 55.9 Å². The van der Waals surface area contributed by atoms with Gasteiger partial charge >= 0.3 is 6.03 Å². The van der Waals surface area contributed by atoms with Gasteiger partial charge in [-0.1, -0.05) is 18.2 Å². The van der Waals surface area contributed by atoms with Gasteiger partial charge in [0.05, 0.1) is 13.2 Å². The zero-order chi connectivity index (χ0) is 19.7. The Kier molecular flexibility index (Phi) is 4.89. The lowest BCUT2D eigenvalue weighted by Gasteiger charge is -2.33. The average Bonchev–Trinajstić information content (AvgIpc) is 3.11. The van der Waals surface area contributed by atoms with E-state index < -0.39 is 0 Å². The lowest BCUT2D eigenvalue weighted by atomic mass is 9.87. The van der Waals surface area contributed by atoms with Crippen molar-refractivity contribution in [1.82, 2.24) is 10.2 Å². The SMILES string of the molecule is O=C(Nc1ccc(-c2ccc3c(c2)CC2(CCNCC2)O3)cc1)N1CCOCC1. The summed E-state index contributed by atoms with van der Waals surface area (Å²) in [6, 6.07) is 14.5. The van der Waals surface area contributed by atoms with Gasteiger partial charge in [-0.25, -0.2) is 4.79 Å². The van der Waals surface area contributed by atoms with Crippen molar-refractivity contribution < 1.29 is 14.3 Å². The fourth-order valence-electron chi connectivity index (χ4n) is 4.49. The monoisotopic (exact) mass is 393 g/mol. The van der Waals surface area contributed by atoms with Crippen LogP contribution in [0.2, 0.25) is 0 Å². The number of nitrogens with one attached hydrogen (secondary N) is 2. The standard InChI is InChI=1S/C23H27N3O3/c27-22(26-11-13-28-14-12-26)25-20-4-1-17(2-5-20)18-3-6-21-19(15-18)16-23(29-21)7-9-24-10-8-23/h1-6,15,24H,7-14,16H2,(H,25,27). The number of anilines is 1. The summed E-state index contributed by atoms with van der Waals surface area (Å²) in [7, 11) is 0. The van der Waals surface area contributed by atoms with E-state index in [1.807, 2.05) is 12.1 Å². The summed E-state index contributed by atoms with van der Waals surface area (Å²) in [6.45, 7) is 4.53. The predicted octanol–water partition coefficient (Wildman–Crippen LogP) is 3.27. The van der Waals surface area contributed by atoms with Gasteiger partial charge in [-0.2, -0.15) is 0 Å². The third-order valence-electron chi connectivity index (χ3n) is 6.18. The third kappa shape index (κ3) is 3.82. The van der Waals surface area contributed by atoms with Crippen LogP contribution in [0.4, 0.5) is 10.5 Å². The maximum absolute atomic E-state index is 12.3. The number of hydrogen-bond donors (Lipinski definition) is 2. The second-order valence-electron chi connectivity index (χ2n) is 8.14. The van der Waals surface area contributed by atoms with E-state index in [9.17, 15) is 4.79 Å². The van der Waals surface area contributed by atoms with Gasteiger partial charge in [0.1, 0.15) is 11.4 Å². The number of ether oxygens (including phenoxy) is 2. The molecule has 6 heteroatoms. The van der Waals surface area contributed by atoms with Crippen LogP contribution < -0.4 is 15.4 Å². The molecule has 1 spiro atoms. The molecule has 0 atom stereocenters. The summed E-state index contributed by atoms with van der Waals surface area (Å²) in [5.74, 6) is 1.03. The first kappa shape index (κ1) is 18.5. The number of carbonyl (C=O) groups excluding carboxylic acids is 1.